The second-order valence-corrected chi connectivity index (χ2v) is 3.85. The van der Waals surface area contributed by atoms with E-state index in [2.05, 4.69) is 9.97 Å². The van der Waals surface area contributed by atoms with Crippen LogP contribution in [0.25, 0.3) is 0 Å². The Labute approximate surface area is 114 Å². The zero-order chi connectivity index (χ0) is 13.8. The topological polar surface area (TPSA) is 94.0 Å². The van der Waals surface area contributed by atoms with Gasteiger partial charge in [0.25, 0.3) is 0 Å². The molecule has 0 bridgehead atoms. The van der Waals surface area contributed by atoms with E-state index in [0.717, 1.165) is 0 Å². The number of hydrogen-bond donors (Lipinski definition) is 1. The minimum Gasteiger partial charge on any atom is -0.493 e. The van der Waals surface area contributed by atoms with Gasteiger partial charge in [-0.1, -0.05) is 11.6 Å². The number of methoxy groups -OCH3 is 1. The van der Waals surface area contributed by atoms with Gasteiger partial charge in [-0.05, 0) is 12.1 Å². The maximum atomic E-state index is 8.81. The van der Waals surface area contributed by atoms with Crippen molar-refractivity contribution in [3.05, 3.63) is 35.0 Å². The van der Waals surface area contributed by atoms with Crippen LogP contribution in [0, 0.1) is 11.3 Å². The van der Waals surface area contributed by atoms with Gasteiger partial charge in [-0.15, -0.1) is 0 Å². The maximum absolute atomic E-state index is 8.81. The summed E-state index contributed by atoms with van der Waals surface area (Å²) in [5.74, 6) is 1.01. The van der Waals surface area contributed by atoms with Crippen molar-refractivity contribution in [1.29, 1.82) is 5.26 Å². The van der Waals surface area contributed by atoms with E-state index in [9.17, 15) is 0 Å². The zero-order valence-corrected chi connectivity index (χ0v) is 10.7. The van der Waals surface area contributed by atoms with Gasteiger partial charge < -0.3 is 15.2 Å². The Morgan fingerprint density at radius 1 is 1.26 bits per heavy atom. The summed E-state index contributed by atoms with van der Waals surface area (Å²) in [6.45, 7) is 0. The molecule has 2 aromatic rings. The van der Waals surface area contributed by atoms with Crippen molar-refractivity contribution in [3.8, 4) is 23.4 Å². The van der Waals surface area contributed by atoms with E-state index in [1.807, 2.05) is 6.07 Å². The normalized spacial score (nSPS) is 9.74. The third-order valence-electron chi connectivity index (χ3n) is 2.20. The molecule has 0 aliphatic carbocycles. The molecule has 0 atom stereocenters. The number of halogens is 1. The number of nitrogen functional groups attached to an aromatic ring is 1. The van der Waals surface area contributed by atoms with Crippen molar-refractivity contribution in [1.82, 2.24) is 9.97 Å². The van der Waals surface area contributed by atoms with Gasteiger partial charge in [-0.25, -0.2) is 4.98 Å². The first-order valence-corrected chi connectivity index (χ1v) is 5.56. The van der Waals surface area contributed by atoms with E-state index in [0.29, 0.717) is 17.1 Å². The highest BCUT2D eigenvalue weighted by Gasteiger charge is 2.09. The van der Waals surface area contributed by atoms with Crippen molar-refractivity contribution >= 4 is 17.5 Å². The number of hydrogen-bond acceptors (Lipinski definition) is 6. The van der Waals surface area contributed by atoms with Crippen LogP contribution in [0.15, 0.2) is 24.3 Å². The van der Waals surface area contributed by atoms with Crippen molar-refractivity contribution in [2.75, 3.05) is 12.8 Å². The minimum atomic E-state index is 0.00936. The predicted octanol–water partition coefficient (Wildman–Crippen LogP) is 2.38. The van der Waals surface area contributed by atoms with Crippen LogP contribution in [0.2, 0.25) is 5.15 Å². The molecule has 2 N–H and O–H groups in total. The highest BCUT2D eigenvalue weighted by Crippen LogP contribution is 2.32. The Morgan fingerprint density at radius 2 is 2.05 bits per heavy atom. The van der Waals surface area contributed by atoms with Crippen LogP contribution in [-0.4, -0.2) is 17.1 Å². The molecule has 0 saturated heterocycles. The lowest BCUT2D eigenvalue weighted by molar-refractivity contribution is 0.374. The molecule has 7 heteroatoms. The molecule has 6 nitrogen and oxygen atoms in total. The van der Waals surface area contributed by atoms with Crippen molar-refractivity contribution in [2.24, 2.45) is 0 Å². The first-order valence-electron chi connectivity index (χ1n) is 5.18. The van der Waals surface area contributed by atoms with Crippen molar-refractivity contribution in [2.45, 2.75) is 0 Å². The lowest BCUT2D eigenvalue weighted by atomic mass is 10.2. The third-order valence-corrected chi connectivity index (χ3v) is 2.39. The van der Waals surface area contributed by atoms with E-state index < -0.39 is 0 Å². The molecule has 0 aliphatic heterocycles. The van der Waals surface area contributed by atoms with Gasteiger partial charge in [0.1, 0.15) is 5.15 Å². The fourth-order valence-electron chi connectivity index (χ4n) is 1.40. The van der Waals surface area contributed by atoms with Gasteiger partial charge in [0.2, 0.25) is 11.8 Å². The fourth-order valence-corrected chi connectivity index (χ4v) is 1.58. The lowest BCUT2D eigenvalue weighted by Gasteiger charge is -2.10. The van der Waals surface area contributed by atoms with E-state index in [1.165, 1.54) is 13.2 Å². The summed E-state index contributed by atoms with van der Waals surface area (Å²) >= 11 is 5.75. The molecule has 0 radical (unpaired) electrons. The second kappa shape index (κ2) is 5.42. The summed E-state index contributed by atoms with van der Waals surface area (Å²) < 4.78 is 10.6. The summed E-state index contributed by atoms with van der Waals surface area (Å²) in [4.78, 5) is 7.61. The van der Waals surface area contributed by atoms with E-state index in [4.69, 9.17) is 32.1 Å². The monoisotopic (exact) mass is 276 g/mol. The average molecular weight is 277 g/mol. The largest absolute Gasteiger partial charge is 0.493 e. The first-order chi connectivity index (χ1) is 9.12. The zero-order valence-electron chi connectivity index (χ0n) is 9.92. The predicted molar refractivity (Wildman–Crippen MR) is 69.2 cm³/mol. The van der Waals surface area contributed by atoms with Crippen LogP contribution in [0.4, 0.5) is 5.95 Å². The summed E-state index contributed by atoms with van der Waals surface area (Å²) in [6.07, 6.45) is 0. The van der Waals surface area contributed by atoms with Crippen molar-refractivity contribution < 1.29 is 9.47 Å². The quantitative estimate of drug-likeness (QED) is 0.865. The summed E-state index contributed by atoms with van der Waals surface area (Å²) in [7, 11) is 1.48. The van der Waals surface area contributed by atoms with Gasteiger partial charge in [-0.3, -0.25) is 0 Å². The number of anilines is 1. The number of aromatic nitrogens is 2. The van der Waals surface area contributed by atoms with Crippen LogP contribution in [0.1, 0.15) is 5.56 Å². The summed E-state index contributed by atoms with van der Waals surface area (Å²) in [5, 5.41) is 8.99. The van der Waals surface area contributed by atoms with Gasteiger partial charge in [0.15, 0.2) is 11.5 Å². The molecule has 0 aliphatic rings. The van der Waals surface area contributed by atoms with Crippen molar-refractivity contribution in [3.63, 3.8) is 0 Å². The fraction of sp³-hybridized carbons (Fsp3) is 0.0833. The van der Waals surface area contributed by atoms with Gasteiger partial charge >= 0.3 is 0 Å². The summed E-state index contributed by atoms with van der Waals surface area (Å²) in [5.41, 5.74) is 5.93. The molecule has 0 fully saturated rings. The van der Waals surface area contributed by atoms with Gasteiger partial charge in [0, 0.05) is 12.1 Å². The maximum Gasteiger partial charge on any atom is 0.225 e. The third kappa shape index (κ3) is 3.03. The lowest BCUT2D eigenvalue weighted by Crippen LogP contribution is -1.98. The molecule has 96 valence electrons. The molecule has 1 heterocycles. The Morgan fingerprint density at radius 3 is 2.68 bits per heavy atom. The first kappa shape index (κ1) is 12.9. The highest BCUT2D eigenvalue weighted by atomic mass is 35.5. The molecule has 2 rings (SSSR count). The Bertz CT molecular complexity index is 634. The van der Waals surface area contributed by atoms with Crippen LogP contribution in [0.5, 0.6) is 17.4 Å². The molecule has 0 unspecified atom stereocenters. The number of benzene rings is 1. The molecule has 1 aromatic carbocycles. The van der Waals surface area contributed by atoms with Crippen LogP contribution >= 0.6 is 11.6 Å². The standard InChI is InChI=1S/C12H9ClN4O2/c1-18-9-4-7(6-14)2-3-8(9)19-11-5-10(13)16-12(15)17-11/h2-5H,1H3,(H2,15,16,17). The van der Waals surface area contributed by atoms with E-state index in [-0.39, 0.29) is 17.0 Å². The van der Waals surface area contributed by atoms with E-state index in [1.54, 1.807) is 18.2 Å². The molecule has 1 aromatic heterocycles. The smallest absolute Gasteiger partial charge is 0.225 e. The Balaban J connectivity index is 2.35. The molecule has 19 heavy (non-hydrogen) atoms. The molecule has 0 amide bonds. The molecule has 0 spiro atoms. The number of nitriles is 1. The number of nitrogens with zero attached hydrogens (tertiary/aromatic N) is 3. The van der Waals surface area contributed by atoms with E-state index >= 15 is 0 Å². The number of nitrogens with two attached hydrogens (primary N) is 1. The van der Waals surface area contributed by atoms with Crippen LogP contribution in [-0.2, 0) is 0 Å². The number of ether oxygens (including phenoxy) is 2. The Hall–Kier alpha value is -2.52. The van der Waals surface area contributed by atoms with Gasteiger partial charge in [0.05, 0.1) is 18.7 Å². The minimum absolute atomic E-state index is 0.00936. The average Bonchev–Trinajstić information content (AvgIpc) is 2.38. The SMILES string of the molecule is COc1cc(C#N)ccc1Oc1cc(Cl)nc(N)n1. The van der Waals surface area contributed by atoms with Gasteiger partial charge in [-0.2, -0.15) is 10.2 Å². The second-order valence-electron chi connectivity index (χ2n) is 3.47. The number of rotatable bonds is 3. The van der Waals surface area contributed by atoms with Crippen LogP contribution < -0.4 is 15.2 Å². The molecular formula is C12H9ClN4O2. The Kier molecular flexibility index (Phi) is 3.68. The highest BCUT2D eigenvalue weighted by molar-refractivity contribution is 6.29. The van der Waals surface area contributed by atoms with Crippen LogP contribution in [0.3, 0.4) is 0 Å². The molecule has 0 saturated carbocycles. The summed E-state index contributed by atoms with van der Waals surface area (Å²) in [6, 6.07) is 8.19. The molecular weight excluding hydrogens is 268 g/mol.